The van der Waals surface area contributed by atoms with Gasteiger partial charge >= 0.3 is 0 Å². The Hall–Kier alpha value is -0.130. The molecular weight excluding hydrogens is 130 g/mol. The highest BCUT2D eigenvalue weighted by atomic mass is 14.2. The molecule has 2 unspecified atom stereocenters. The van der Waals surface area contributed by atoms with Crippen LogP contribution in [-0.2, 0) is 0 Å². The molecule has 0 bridgehead atoms. The summed E-state index contributed by atoms with van der Waals surface area (Å²) in [6.07, 6.45) is 8.46. The monoisotopic (exact) mass is 146 g/mol. The molecule has 0 aliphatic heterocycles. The molecule has 0 fully saturated rings. The molecule has 2 atom stereocenters. The zero-order valence-corrected chi connectivity index (χ0v) is 7.59. The molecular formula is C9H16B2. The minimum Gasteiger partial charge on any atom is -0.0920 e. The van der Waals surface area contributed by atoms with Gasteiger partial charge in [-0.1, -0.05) is 37.9 Å². The Morgan fingerprint density at radius 3 is 2.64 bits per heavy atom. The van der Waals surface area contributed by atoms with Crippen molar-refractivity contribution in [3.05, 3.63) is 12.2 Å². The van der Waals surface area contributed by atoms with Crippen LogP contribution in [0.2, 0.25) is 25.8 Å². The fraction of sp³-hybridized carbons (Fsp3) is 0.778. The average Bonchev–Trinajstić information content (AvgIpc) is 2.06. The maximum atomic E-state index is 2.36. The van der Waals surface area contributed by atoms with Gasteiger partial charge in [0.25, 0.3) is 0 Å². The third kappa shape index (κ3) is 2.43. The smallest absolute Gasteiger partial charge is 0.0920 e. The van der Waals surface area contributed by atoms with Crippen LogP contribution in [0.5, 0.6) is 0 Å². The lowest BCUT2D eigenvalue weighted by Gasteiger charge is -2.26. The van der Waals surface area contributed by atoms with E-state index >= 15 is 0 Å². The van der Waals surface area contributed by atoms with E-state index < -0.39 is 0 Å². The molecule has 0 saturated carbocycles. The van der Waals surface area contributed by atoms with Crippen molar-refractivity contribution < 1.29 is 0 Å². The normalized spacial score (nSPS) is 30.0. The van der Waals surface area contributed by atoms with E-state index in [-0.39, 0.29) is 0 Å². The van der Waals surface area contributed by atoms with Gasteiger partial charge in [0.15, 0.2) is 0 Å². The SMILES string of the molecule is C[B]CC1CC=CCC1[B]C. The molecule has 0 N–H and O–H groups in total. The van der Waals surface area contributed by atoms with E-state index in [0.29, 0.717) is 0 Å². The molecule has 58 valence electrons. The highest BCUT2D eigenvalue weighted by Gasteiger charge is 2.19. The number of rotatable bonds is 3. The van der Waals surface area contributed by atoms with Crippen molar-refractivity contribution >= 4 is 14.6 Å². The van der Waals surface area contributed by atoms with Crippen molar-refractivity contribution in [1.82, 2.24) is 0 Å². The fourth-order valence-electron chi connectivity index (χ4n) is 1.87. The molecule has 1 aliphatic carbocycles. The van der Waals surface area contributed by atoms with Gasteiger partial charge in [-0.3, -0.25) is 0 Å². The third-order valence-corrected chi connectivity index (χ3v) is 2.59. The zero-order chi connectivity index (χ0) is 8.10. The maximum absolute atomic E-state index is 2.36. The van der Waals surface area contributed by atoms with Crippen LogP contribution < -0.4 is 0 Å². The van der Waals surface area contributed by atoms with Crippen LogP contribution in [0.3, 0.4) is 0 Å². The zero-order valence-electron chi connectivity index (χ0n) is 7.59. The van der Waals surface area contributed by atoms with Gasteiger partial charge in [-0.05, 0) is 18.8 Å². The summed E-state index contributed by atoms with van der Waals surface area (Å²) in [5, 5.41) is 0. The molecule has 0 nitrogen and oxygen atoms in total. The highest BCUT2D eigenvalue weighted by Crippen LogP contribution is 2.32. The summed E-state index contributed by atoms with van der Waals surface area (Å²) in [5.41, 5.74) is 0. The van der Waals surface area contributed by atoms with Crippen molar-refractivity contribution in [2.45, 2.75) is 38.6 Å². The van der Waals surface area contributed by atoms with Crippen LogP contribution in [0.25, 0.3) is 0 Å². The summed E-state index contributed by atoms with van der Waals surface area (Å²) in [5.74, 6) is 1.71. The summed E-state index contributed by atoms with van der Waals surface area (Å²) in [6, 6.07) is 0. The summed E-state index contributed by atoms with van der Waals surface area (Å²) < 4.78 is 0. The van der Waals surface area contributed by atoms with Crippen molar-refractivity contribution in [2.24, 2.45) is 5.92 Å². The topological polar surface area (TPSA) is 0 Å². The van der Waals surface area contributed by atoms with E-state index in [2.05, 4.69) is 40.4 Å². The van der Waals surface area contributed by atoms with Gasteiger partial charge < -0.3 is 0 Å². The second-order valence-corrected chi connectivity index (χ2v) is 3.34. The Balaban J connectivity index is 2.40. The Kier molecular flexibility index (Phi) is 3.82. The first kappa shape index (κ1) is 8.96. The number of allylic oxidation sites excluding steroid dienone is 2. The van der Waals surface area contributed by atoms with Gasteiger partial charge in [-0.25, -0.2) is 0 Å². The molecule has 0 saturated heterocycles. The van der Waals surface area contributed by atoms with Crippen LogP contribution in [0.1, 0.15) is 12.8 Å². The van der Waals surface area contributed by atoms with Crippen molar-refractivity contribution in [3.8, 4) is 0 Å². The average molecular weight is 146 g/mol. The van der Waals surface area contributed by atoms with Crippen LogP contribution in [0.15, 0.2) is 12.2 Å². The molecule has 0 amide bonds. The minimum atomic E-state index is 0.830. The quantitative estimate of drug-likeness (QED) is 0.424. The van der Waals surface area contributed by atoms with Crippen LogP contribution in [-0.4, -0.2) is 14.6 Å². The highest BCUT2D eigenvalue weighted by molar-refractivity contribution is 6.37. The second-order valence-electron chi connectivity index (χ2n) is 3.34. The van der Waals surface area contributed by atoms with Crippen LogP contribution >= 0.6 is 0 Å². The predicted molar refractivity (Wildman–Crippen MR) is 53.7 cm³/mol. The first-order chi connectivity index (χ1) is 5.38. The summed E-state index contributed by atoms with van der Waals surface area (Å²) >= 11 is 0. The van der Waals surface area contributed by atoms with Gasteiger partial charge in [0.05, 0.1) is 0 Å². The molecule has 1 aliphatic rings. The van der Waals surface area contributed by atoms with Crippen molar-refractivity contribution in [1.29, 1.82) is 0 Å². The molecule has 0 aromatic rings. The first-order valence-corrected chi connectivity index (χ1v) is 4.60. The van der Waals surface area contributed by atoms with Gasteiger partial charge in [-0.15, -0.1) is 0 Å². The van der Waals surface area contributed by atoms with E-state index in [0.717, 1.165) is 11.7 Å². The van der Waals surface area contributed by atoms with E-state index in [1.165, 1.54) is 19.2 Å². The molecule has 1 rings (SSSR count). The van der Waals surface area contributed by atoms with Crippen molar-refractivity contribution in [2.75, 3.05) is 0 Å². The molecule has 0 spiro atoms. The molecule has 11 heavy (non-hydrogen) atoms. The predicted octanol–water partition coefficient (Wildman–Crippen LogP) is 2.66. The fourth-order valence-corrected chi connectivity index (χ4v) is 1.87. The lowest BCUT2D eigenvalue weighted by atomic mass is 9.53. The standard InChI is InChI=1S/C9H16B2/c1-10-7-8-5-3-4-6-9(8)11-2/h3-4,8-9H,5-7H2,1-2H3. The number of hydrogen-bond donors (Lipinski definition) is 0. The lowest BCUT2D eigenvalue weighted by Crippen LogP contribution is -2.16. The second kappa shape index (κ2) is 4.69. The Bertz CT molecular complexity index is 132. The van der Waals surface area contributed by atoms with Gasteiger partial charge in [0.1, 0.15) is 14.6 Å². The Morgan fingerprint density at radius 1 is 1.27 bits per heavy atom. The van der Waals surface area contributed by atoms with Gasteiger partial charge in [0, 0.05) is 0 Å². The van der Waals surface area contributed by atoms with Crippen LogP contribution in [0, 0.1) is 5.92 Å². The number of hydrogen-bond acceptors (Lipinski definition) is 0. The maximum Gasteiger partial charge on any atom is 0.110 e. The molecule has 0 aromatic carbocycles. The Morgan fingerprint density at radius 2 is 2.00 bits per heavy atom. The lowest BCUT2D eigenvalue weighted by molar-refractivity contribution is 0.521. The summed E-state index contributed by atoms with van der Waals surface area (Å²) in [7, 11) is 4.65. The van der Waals surface area contributed by atoms with E-state index in [4.69, 9.17) is 0 Å². The van der Waals surface area contributed by atoms with Gasteiger partial charge in [-0.2, -0.15) is 0 Å². The summed E-state index contributed by atoms with van der Waals surface area (Å²) in [6.45, 7) is 4.34. The van der Waals surface area contributed by atoms with Gasteiger partial charge in [0.2, 0.25) is 0 Å². The third-order valence-electron chi connectivity index (χ3n) is 2.59. The molecule has 0 heterocycles. The molecule has 0 aromatic heterocycles. The van der Waals surface area contributed by atoms with E-state index in [1.807, 2.05) is 0 Å². The summed E-state index contributed by atoms with van der Waals surface area (Å²) in [4.78, 5) is 0. The van der Waals surface area contributed by atoms with Crippen molar-refractivity contribution in [3.63, 3.8) is 0 Å². The van der Waals surface area contributed by atoms with E-state index in [9.17, 15) is 0 Å². The van der Waals surface area contributed by atoms with Crippen LogP contribution in [0.4, 0.5) is 0 Å². The Labute approximate surface area is 71.9 Å². The minimum absolute atomic E-state index is 0.830. The molecule has 2 heteroatoms. The first-order valence-electron chi connectivity index (χ1n) is 4.60. The largest absolute Gasteiger partial charge is 0.110 e. The molecule has 2 radical (unpaired) electrons. The van der Waals surface area contributed by atoms with E-state index in [1.54, 1.807) is 0 Å².